The predicted molar refractivity (Wildman–Crippen MR) is 117 cm³/mol. The third-order valence-electron chi connectivity index (χ3n) is 6.09. The molecule has 0 spiro atoms. The van der Waals surface area contributed by atoms with Crippen molar-refractivity contribution >= 4 is 29.1 Å². The highest BCUT2D eigenvalue weighted by molar-refractivity contribution is 7.13. The number of carbonyl (C=O) groups excluding carboxylic acids is 3. The zero-order valence-corrected chi connectivity index (χ0v) is 19.0. The van der Waals surface area contributed by atoms with E-state index in [0.29, 0.717) is 19.7 Å². The van der Waals surface area contributed by atoms with E-state index in [4.69, 9.17) is 4.74 Å². The van der Waals surface area contributed by atoms with Crippen LogP contribution in [0.1, 0.15) is 54.1 Å². The van der Waals surface area contributed by atoms with E-state index in [0.717, 1.165) is 48.5 Å². The van der Waals surface area contributed by atoms with E-state index in [1.54, 1.807) is 6.92 Å². The second-order valence-electron chi connectivity index (χ2n) is 8.25. The van der Waals surface area contributed by atoms with E-state index in [1.807, 2.05) is 30.9 Å². The molecular weight excluding hydrogens is 402 g/mol. The lowest BCUT2D eigenvalue weighted by molar-refractivity contribution is -0.152. The summed E-state index contributed by atoms with van der Waals surface area (Å²) in [6.07, 6.45) is 3.28. The van der Waals surface area contributed by atoms with Crippen LogP contribution in [-0.2, 0) is 14.3 Å². The van der Waals surface area contributed by atoms with E-state index in [9.17, 15) is 14.4 Å². The van der Waals surface area contributed by atoms with Gasteiger partial charge in [-0.05, 0) is 58.6 Å². The van der Waals surface area contributed by atoms with Crippen molar-refractivity contribution in [2.24, 2.45) is 5.92 Å². The molecule has 2 amide bonds. The number of ether oxygens (including phenoxy) is 1. The summed E-state index contributed by atoms with van der Waals surface area (Å²) in [6.45, 7) is 8.82. The number of piperidine rings is 2. The summed E-state index contributed by atoms with van der Waals surface area (Å²) in [4.78, 5) is 43.4. The lowest BCUT2D eigenvalue weighted by atomic mass is 9.97. The van der Waals surface area contributed by atoms with Gasteiger partial charge in [0.25, 0.3) is 5.91 Å². The van der Waals surface area contributed by atoms with Gasteiger partial charge in [-0.2, -0.15) is 0 Å². The number of nitrogens with one attached hydrogen (secondary N) is 1. The van der Waals surface area contributed by atoms with Gasteiger partial charge in [-0.15, -0.1) is 11.3 Å². The lowest BCUT2D eigenvalue weighted by Gasteiger charge is -2.39. The number of likely N-dealkylation sites (tertiary alicyclic amines) is 2. The topological polar surface area (TPSA) is 79.0 Å². The fourth-order valence-corrected chi connectivity index (χ4v) is 5.07. The van der Waals surface area contributed by atoms with E-state index in [2.05, 4.69) is 10.2 Å². The number of hydrogen-bond acceptors (Lipinski definition) is 6. The highest BCUT2D eigenvalue weighted by atomic mass is 32.1. The Morgan fingerprint density at radius 1 is 1.20 bits per heavy atom. The normalized spacial score (nSPS) is 21.8. The Bertz CT molecular complexity index is 757. The zero-order chi connectivity index (χ0) is 21.7. The van der Waals surface area contributed by atoms with Gasteiger partial charge in [0, 0.05) is 37.1 Å². The average molecular weight is 436 g/mol. The molecule has 2 unspecified atom stereocenters. The molecule has 166 valence electrons. The number of aryl methyl sites for hydroxylation is 1. The van der Waals surface area contributed by atoms with Crippen molar-refractivity contribution in [1.29, 1.82) is 0 Å². The first-order valence-electron chi connectivity index (χ1n) is 11.0. The molecule has 0 bridgehead atoms. The quantitative estimate of drug-likeness (QED) is 0.695. The summed E-state index contributed by atoms with van der Waals surface area (Å²) < 4.78 is 5.14. The molecule has 2 fully saturated rings. The number of amides is 2. The third kappa shape index (κ3) is 5.60. The first-order chi connectivity index (χ1) is 14.4. The van der Waals surface area contributed by atoms with Crippen molar-refractivity contribution in [3.63, 3.8) is 0 Å². The molecule has 7 nitrogen and oxygen atoms in total. The SMILES string of the molecule is CCOC(=O)C1CCCN(C(=O)C(C)N2CCC(NC(=O)c3ccc(C)s3)CC2)C1. The number of carbonyl (C=O) groups is 3. The first kappa shape index (κ1) is 22.7. The average Bonchev–Trinajstić information content (AvgIpc) is 3.20. The van der Waals surface area contributed by atoms with Gasteiger partial charge in [-0.1, -0.05) is 0 Å². The molecule has 0 aromatic carbocycles. The second-order valence-corrected chi connectivity index (χ2v) is 9.53. The lowest BCUT2D eigenvalue weighted by Crippen LogP contribution is -2.54. The molecular formula is C22H33N3O4S. The van der Waals surface area contributed by atoms with Crippen molar-refractivity contribution in [2.45, 2.75) is 58.5 Å². The molecule has 0 saturated carbocycles. The molecule has 30 heavy (non-hydrogen) atoms. The third-order valence-corrected chi connectivity index (χ3v) is 7.09. The van der Waals surface area contributed by atoms with Gasteiger partial charge >= 0.3 is 5.97 Å². The number of rotatable bonds is 6. The van der Waals surface area contributed by atoms with Crippen LogP contribution in [-0.4, -0.2) is 72.5 Å². The highest BCUT2D eigenvalue weighted by Crippen LogP contribution is 2.22. The molecule has 0 aliphatic carbocycles. The fourth-order valence-electron chi connectivity index (χ4n) is 4.29. The van der Waals surface area contributed by atoms with Crippen molar-refractivity contribution in [1.82, 2.24) is 15.1 Å². The Labute approximate surface area is 182 Å². The van der Waals surface area contributed by atoms with Gasteiger partial charge < -0.3 is 15.0 Å². The monoisotopic (exact) mass is 435 g/mol. The van der Waals surface area contributed by atoms with E-state index in [-0.39, 0.29) is 35.8 Å². The zero-order valence-electron chi connectivity index (χ0n) is 18.2. The van der Waals surface area contributed by atoms with Crippen LogP contribution in [0.3, 0.4) is 0 Å². The first-order valence-corrected chi connectivity index (χ1v) is 11.8. The van der Waals surface area contributed by atoms with E-state index < -0.39 is 0 Å². The van der Waals surface area contributed by atoms with Gasteiger partial charge in [-0.25, -0.2) is 0 Å². The van der Waals surface area contributed by atoms with Crippen LogP contribution < -0.4 is 5.32 Å². The molecule has 2 aliphatic rings. The van der Waals surface area contributed by atoms with Crippen molar-refractivity contribution in [3.05, 3.63) is 21.9 Å². The minimum absolute atomic E-state index is 0.00556. The second kappa shape index (κ2) is 10.4. The highest BCUT2D eigenvalue weighted by Gasteiger charge is 2.34. The fraction of sp³-hybridized carbons (Fsp3) is 0.682. The summed E-state index contributed by atoms with van der Waals surface area (Å²) in [6, 6.07) is 3.75. The molecule has 2 aliphatic heterocycles. The van der Waals surface area contributed by atoms with Crippen molar-refractivity contribution in [2.75, 3.05) is 32.8 Å². The van der Waals surface area contributed by atoms with Gasteiger partial charge in [0.2, 0.25) is 5.91 Å². The summed E-state index contributed by atoms with van der Waals surface area (Å²) >= 11 is 1.51. The molecule has 8 heteroatoms. The molecule has 2 saturated heterocycles. The maximum atomic E-state index is 13.0. The van der Waals surface area contributed by atoms with Crippen LogP contribution >= 0.6 is 11.3 Å². The molecule has 3 rings (SSSR count). The van der Waals surface area contributed by atoms with Gasteiger partial charge in [-0.3, -0.25) is 19.3 Å². The summed E-state index contributed by atoms with van der Waals surface area (Å²) in [5.41, 5.74) is 0. The predicted octanol–water partition coefficient (Wildman–Crippen LogP) is 2.44. The minimum Gasteiger partial charge on any atom is -0.466 e. The van der Waals surface area contributed by atoms with Crippen molar-refractivity contribution < 1.29 is 19.1 Å². The molecule has 1 aromatic heterocycles. The number of esters is 1. The Morgan fingerprint density at radius 3 is 2.57 bits per heavy atom. The smallest absolute Gasteiger partial charge is 0.310 e. The Morgan fingerprint density at radius 2 is 1.93 bits per heavy atom. The van der Waals surface area contributed by atoms with Crippen LogP contribution in [0.5, 0.6) is 0 Å². The van der Waals surface area contributed by atoms with Crippen LogP contribution in [0.25, 0.3) is 0 Å². The summed E-state index contributed by atoms with van der Waals surface area (Å²) in [7, 11) is 0. The largest absolute Gasteiger partial charge is 0.466 e. The molecule has 3 heterocycles. The Balaban J connectivity index is 1.47. The van der Waals surface area contributed by atoms with E-state index >= 15 is 0 Å². The number of hydrogen-bond donors (Lipinski definition) is 1. The van der Waals surface area contributed by atoms with Crippen LogP contribution in [0.2, 0.25) is 0 Å². The molecule has 1 aromatic rings. The molecule has 2 atom stereocenters. The number of thiophene rings is 1. The maximum Gasteiger partial charge on any atom is 0.310 e. The molecule has 1 N–H and O–H groups in total. The number of nitrogens with zero attached hydrogens (tertiary/aromatic N) is 2. The van der Waals surface area contributed by atoms with Gasteiger partial charge in [0.1, 0.15) is 0 Å². The minimum atomic E-state index is -0.220. The Hall–Kier alpha value is -1.93. The van der Waals surface area contributed by atoms with Crippen LogP contribution in [0.4, 0.5) is 0 Å². The van der Waals surface area contributed by atoms with Crippen molar-refractivity contribution in [3.8, 4) is 0 Å². The van der Waals surface area contributed by atoms with Gasteiger partial charge in [0.05, 0.1) is 23.4 Å². The standard InChI is InChI=1S/C22H33N3O4S/c1-4-29-22(28)17-6-5-11-25(14-17)21(27)16(3)24-12-9-18(10-13-24)23-20(26)19-8-7-15(2)30-19/h7-8,16-18H,4-6,9-14H2,1-3H3,(H,23,26). The Kier molecular flexibility index (Phi) is 7.88. The van der Waals surface area contributed by atoms with Gasteiger partial charge in [0.15, 0.2) is 0 Å². The van der Waals surface area contributed by atoms with Crippen LogP contribution in [0, 0.1) is 12.8 Å². The molecule has 0 radical (unpaired) electrons. The maximum absolute atomic E-state index is 13.0. The summed E-state index contributed by atoms with van der Waals surface area (Å²) in [5.74, 6) is -0.327. The summed E-state index contributed by atoms with van der Waals surface area (Å²) in [5, 5.41) is 3.13. The van der Waals surface area contributed by atoms with Crippen LogP contribution in [0.15, 0.2) is 12.1 Å². The van der Waals surface area contributed by atoms with E-state index in [1.165, 1.54) is 11.3 Å².